The Kier molecular flexibility index (Phi) is 4.58. The van der Waals surface area contributed by atoms with E-state index < -0.39 is 0 Å². The third-order valence-electron chi connectivity index (χ3n) is 3.53. The summed E-state index contributed by atoms with van der Waals surface area (Å²) in [4.78, 5) is 14.8. The molecule has 1 aliphatic rings. The second kappa shape index (κ2) is 6.18. The van der Waals surface area contributed by atoms with Crippen LogP contribution in [0.1, 0.15) is 32.6 Å². The van der Waals surface area contributed by atoms with Crippen molar-refractivity contribution in [2.75, 3.05) is 30.4 Å². The minimum Gasteiger partial charge on any atom is -0.357 e. The standard InChI is InChI=1S/C12H20ClN5/c1-3-9-5-4-7-18(8-6-9)12-16-10(13)15-11(14-2)17-12/h9H,3-8H2,1-2H3,(H,14,15,16,17). The fraction of sp³-hybridized carbons (Fsp3) is 0.750. The summed E-state index contributed by atoms with van der Waals surface area (Å²) in [5.74, 6) is 2.05. The van der Waals surface area contributed by atoms with Crippen LogP contribution in [0.4, 0.5) is 11.9 Å². The zero-order valence-electron chi connectivity index (χ0n) is 11.0. The molecule has 5 nitrogen and oxygen atoms in total. The Morgan fingerprint density at radius 1 is 1.28 bits per heavy atom. The number of hydrogen-bond acceptors (Lipinski definition) is 5. The van der Waals surface area contributed by atoms with E-state index in [9.17, 15) is 0 Å². The summed E-state index contributed by atoms with van der Waals surface area (Å²) in [6.07, 6.45) is 4.95. The van der Waals surface area contributed by atoms with E-state index in [-0.39, 0.29) is 5.28 Å². The molecule has 0 spiro atoms. The highest BCUT2D eigenvalue weighted by Crippen LogP contribution is 2.23. The predicted octanol–water partition coefficient (Wildman–Crippen LogP) is 2.58. The smallest absolute Gasteiger partial charge is 0.231 e. The molecule has 0 amide bonds. The SMILES string of the molecule is CCC1CCCN(c2nc(Cl)nc(NC)n2)CC1. The zero-order valence-corrected chi connectivity index (χ0v) is 11.7. The molecule has 1 N–H and O–H groups in total. The Balaban J connectivity index is 2.13. The van der Waals surface area contributed by atoms with E-state index in [0.717, 1.165) is 19.0 Å². The van der Waals surface area contributed by atoms with Gasteiger partial charge in [-0.25, -0.2) is 0 Å². The lowest BCUT2D eigenvalue weighted by atomic mass is 9.98. The molecule has 2 rings (SSSR count). The minimum absolute atomic E-state index is 0.251. The summed E-state index contributed by atoms with van der Waals surface area (Å²) in [5.41, 5.74) is 0. The second-order valence-corrected chi connectivity index (χ2v) is 5.01. The van der Waals surface area contributed by atoms with Crippen LogP contribution in [0.3, 0.4) is 0 Å². The maximum Gasteiger partial charge on any atom is 0.231 e. The van der Waals surface area contributed by atoms with E-state index in [4.69, 9.17) is 11.6 Å². The molecule has 1 aliphatic heterocycles. The number of anilines is 2. The molecular weight excluding hydrogens is 250 g/mol. The maximum atomic E-state index is 5.92. The highest BCUT2D eigenvalue weighted by atomic mass is 35.5. The van der Waals surface area contributed by atoms with Gasteiger partial charge in [-0.05, 0) is 36.8 Å². The molecule has 1 aromatic heterocycles. The third-order valence-corrected chi connectivity index (χ3v) is 3.70. The van der Waals surface area contributed by atoms with Crippen LogP contribution < -0.4 is 10.2 Å². The summed E-state index contributed by atoms with van der Waals surface area (Å²) in [7, 11) is 1.78. The van der Waals surface area contributed by atoms with Crippen molar-refractivity contribution >= 4 is 23.5 Å². The maximum absolute atomic E-state index is 5.92. The van der Waals surface area contributed by atoms with Crippen LogP contribution in [-0.4, -0.2) is 35.1 Å². The molecule has 1 fully saturated rings. The Morgan fingerprint density at radius 3 is 2.83 bits per heavy atom. The van der Waals surface area contributed by atoms with Crippen LogP contribution in [0.15, 0.2) is 0 Å². The van der Waals surface area contributed by atoms with Crippen LogP contribution in [-0.2, 0) is 0 Å². The van der Waals surface area contributed by atoms with Gasteiger partial charge >= 0.3 is 0 Å². The average Bonchev–Trinajstić information content (AvgIpc) is 2.63. The summed E-state index contributed by atoms with van der Waals surface area (Å²) in [6, 6.07) is 0. The topological polar surface area (TPSA) is 53.9 Å². The van der Waals surface area contributed by atoms with E-state index in [0.29, 0.717) is 11.9 Å². The van der Waals surface area contributed by atoms with Crippen LogP contribution in [0, 0.1) is 5.92 Å². The highest BCUT2D eigenvalue weighted by Gasteiger charge is 2.18. The highest BCUT2D eigenvalue weighted by molar-refractivity contribution is 6.28. The monoisotopic (exact) mass is 269 g/mol. The fourth-order valence-corrected chi connectivity index (χ4v) is 2.52. The van der Waals surface area contributed by atoms with Crippen LogP contribution in [0.2, 0.25) is 5.28 Å². The van der Waals surface area contributed by atoms with E-state index in [1.165, 1.54) is 25.7 Å². The summed E-state index contributed by atoms with van der Waals surface area (Å²) >= 11 is 5.92. The van der Waals surface area contributed by atoms with Crippen molar-refractivity contribution in [1.29, 1.82) is 0 Å². The molecule has 0 radical (unpaired) electrons. The van der Waals surface area contributed by atoms with Crippen molar-refractivity contribution in [3.63, 3.8) is 0 Å². The molecule has 0 bridgehead atoms. The first-order chi connectivity index (χ1) is 8.72. The van der Waals surface area contributed by atoms with E-state index in [1.54, 1.807) is 7.05 Å². The molecule has 1 atom stereocenters. The summed E-state index contributed by atoms with van der Waals surface area (Å²) < 4.78 is 0. The van der Waals surface area contributed by atoms with Gasteiger partial charge in [-0.3, -0.25) is 0 Å². The number of nitrogens with zero attached hydrogens (tertiary/aromatic N) is 4. The van der Waals surface area contributed by atoms with E-state index in [1.807, 2.05) is 0 Å². The second-order valence-electron chi connectivity index (χ2n) is 4.67. The molecular formula is C12H20ClN5. The number of rotatable bonds is 3. The van der Waals surface area contributed by atoms with Gasteiger partial charge in [0.15, 0.2) is 0 Å². The normalized spacial score (nSPS) is 20.6. The fourth-order valence-electron chi connectivity index (χ4n) is 2.37. The number of hydrogen-bond donors (Lipinski definition) is 1. The molecule has 1 saturated heterocycles. The number of halogens is 1. The number of nitrogens with one attached hydrogen (secondary N) is 1. The van der Waals surface area contributed by atoms with Gasteiger partial charge in [0.2, 0.25) is 17.2 Å². The Hall–Kier alpha value is -1.10. The van der Waals surface area contributed by atoms with E-state index >= 15 is 0 Å². The quantitative estimate of drug-likeness (QED) is 0.914. The van der Waals surface area contributed by atoms with Gasteiger partial charge in [-0.1, -0.05) is 13.3 Å². The molecule has 6 heteroatoms. The number of aromatic nitrogens is 3. The van der Waals surface area contributed by atoms with Gasteiger partial charge < -0.3 is 10.2 Å². The molecule has 0 aliphatic carbocycles. The van der Waals surface area contributed by atoms with Gasteiger partial charge in [-0.2, -0.15) is 15.0 Å². The van der Waals surface area contributed by atoms with Crippen molar-refractivity contribution in [2.45, 2.75) is 32.6 Å². The molecule has 2 heterocycles. The van der Waals surface area contributed by atoms with Crippen LogP contribution in [0.5, 0.6) is 0 Å². The first-order valence-corrected chi connectivity index (χ1v) is 6.95. The molecule has 0 saturated carbocycles. The predicted molar refractivity (Wildman–Crippen MR) is 74.2 cm³/mol. The van der Waals surface area contributed by atoms with Gasteiger partial charge in [0, 0.05) is 20.1 Å². The lowest BCUT2D eigenvalue weighted by Crippen LogP contribution is -2.26. The molecule has 0 aromatic carbocycles. The first kappa shape index (κ1) is 13.3. The molecule has 100 valence electrons. The van der Waals surface area contributed by atoms with Crippen molar-refractivity contribution < 1.29 is 0 Å². The Bertz CT molecular complexity index is 398. The molecule has 1 unspecified atom stereocenters. The third kappa shape index (κ3) is 3.22. The lowest BCUT2D eigenvalue weighted by Gasteiger charge is -2.20. The van der Waals surface area contributed by atoms with Crippen molar-refractivity contribution in [3.05, 3.63) is 5.28 Å². The van der Waals surface area contributed by atoms with Crippen molar-refractivity contribution in [2.24, 2.45) is 5.92 Å². The van der Waals surface area contributed by atoms with Gasteiger partial charge in [0.1, 0.15) is 0 Å². The average molecular weight is 270 g/mol. The van der Waals surface area contributed by atoms with Gasteiger partial charge in [-0.15, -0.1) is 0 Å². The molecule has 18 heavy (non-hydrogen) atoms. The van der Waals surface area contributed by atoms with Gasteiger partial charge in [0.05, 0.1) is 0 Å². The Morgan fingerprint density at radius 2 is 2.11 bits per heavy atom. The summed E-state index contributed by atoms with van der Waals surface area (Å²) in [5, 5.41) is 3.16. The van der Waals surface area contributed by atoms with Crippen LogP contribution in [0.25, 0.3) is 0 Å². The van der Waals surface area contributed by atoms with Crippen molar-refractivity contribution in [1.82, 2.24) is 15.0 Å². The molecule has 1 aromatic rings. The van der Waals surface area contributed by atoms with Crippen LogP contribution >= 0.6 is 11.6 Å². The summed E-state index contributed by atoms with van der Waals surface area (Å²) in [6.45, 7) is 4.27. The Labute approximate surface area is 113 Å². The van der Waals surface area contributed by atoms with Gasteiger partial charge in [0.25, 0.3) is 0 Å². The largest absolute Gasteiger partial charge is 0.357 e. The first-order valence-electron chi connectivity index (χ1n) is 6.57. The zero-order chi connectivity index (χ0) is 13.0. The minimum atomic E-state index is 0.251. The van der Waals surface area contributed by atoms with E-state index in [2.05, 4.69) is 32.1 Å². The lowest BCUT2D eigenvalue weighted by molar-refractivity contribution is 0.459. The van der Waals surface area contributed by atoms with Crippen molar-refractivity contribution in [3.8, 4) is 0 Å².